The Morgan fingerprint density at radius 2 is 2.26 bits per heavy atom. The number of H-pyrrole nitrogens is 1. The fourth-order valence-electron chi connectivity index (χ4n) is 4.25. The molecule has 2 aromatic rings. The molecule has 19 heavy (non-hydrogen) atoms. The van der Waals surface area contributed by atoms with E-state index in [4.69, 9.17) is 0 Å². The highest BCUT2D eigenvalue weighted by molar-refractivity contribution is 5.88. The van der Waals surface area contributed by atoms with Crippen LogP contribution in [0.1, 0.15) is 43.2 Å². The number of fused-ring (bicyclic) bond motifs is 2. The van der Waals surface area contributed by atoms with Crippen LogP contribution in [0.2, 0.25) is 0 Å². The van der Waals surface area contributed by atoms with Gasteiger partial charge in [0.25, 0.3) is 0 Å². The van der Waals surface area contributed by atoms with Crippen LogP contribution in [-0.4, -0.2) is 17.6 Å². The smallest absolute Gasteiger partial charge is 0.0459 e. The number of nitrogens with one attached hydrogen (secondary N) is 2. The van der Waals surface area contributed by atoms with E-state index in [1.807, 2.05) is 0 Å². The average Bonchev–Trinajstić information content (AvgIpc) is 2.85. The number of aromatic nitrogens is 1. The van der Waals surface area contributed by atoms with Crippen molar-refractivity contribution in [3.63, 3.8) is 0 Å². The molecule has 0 amide bonds. The van der Waals surface area contributed by atoms with E-state index in [9.17, 15) is 0 Å². The molecule has 0 bridgehead atoms. The van der Waals surface area contributed by atoms with Crippen LogP contribution < -0.4 is 5.32 Å². The maximum absolute atomic E-state index is 3.82. The zero-order chi connectivity index (χ0) is 12.8. The van der Waals surface area contributed by atoms with Gasteiger partial charge in [0.05, 0.1) is 0 Å². The quantitative estimate of drug-likeness (QED) is 0.842. The van der Waals surface area contributed by atoms with Crippen molar-refractivity contribution in [2.45, 2.75) is 44.6 Å². The summed E-state index contributed by atoms with van der Waals surface area (Å²) in [5.74, 6) is 1.58. The summed E-state index contributed by atoms with van der Waals surface area (Å²) in [5.41, 5.74) is 4.41. The van der Waals surface area contributed by atoms with Crippen molar-refractivity contribution in [3.8, 4) is 0 Å². The minimum Gasteiger partial charge on any atom is -0.361 e. The van der Waals surface area contributed by atoms with E-state index in [-0.39, 0.29) is 0 Å². The Bertz CT molecular complexity index is 598. The highest BCUT2D eigenvalue weighted by Crippen LogP contribution is 2.42. The Labute approximate surface area is 114 Å². The molecular weight excluding hydrogens is 232 g/mol. The molecule has 1 aromatic heterocycles. The third kappa shape index (κ3) is 1.73. The van der Waals surface area contributed by atoms with E-state index < -0.39 is 0 Å². The fraction of sp³-hybridized carbons (Fsp3) is 0.529. The van der Waals surface area contributed by atoms with Gasteiger partial charge in [0.2, 0.25) is 0 Å². The second-order valence-corrected chi connectivity index (χ2v) is 6.30. The van der Waals surface area contributed by atoms with Gasteiger partial charge in [-0.25, -0.2) is 0 Å². The minimum atomic E-state index is 0.655. The van der Waals surface area contributed by atoms with Gasteiger partial charge in [0.15, 0.2) is 0 Å². The number of piperidine rings is 1. The van der Waals surface area contributed by atoms with E-state index in [1.54, 1.807) is 5.56 Å². The first kappa shape index (κ1) is 11.5. The van der Waals surface area contributed by atoms with Crippen LogP contribution >= 0.6 is 0 Å². The lowest BCUT2D eigenvalue weighted by Crippen LogP contribution is -2.46. The lowest BCUT2D eigenvalue weighted by Gasteiger charge is -2.40. The first-order chi connectivity index (χ1) is 9.36. The summed E-state index contributed by atoms with van der Waals surface area (Å²) >= 11 is 0. The Hall–Kier alpha value is -1.28. The van der Waals surface area contributed by atoms with Crippen molar-refractivity contribution < 1.29 is 0 Å². The number of hydrogen-bond acceptors (Lipinski definition) is 1. The molecule has 1 aliphatic carbocycles. The molecular formula is C17H22N2. The van der Waals surface area contributed by atoms with Crippen molar-refractivity contribution in [1.29, 1.82) is 0 Å². The predicted octanol–water partition coefficient (Wildman–Crippen LogP) is 3.59. The number of aromatic amines is 1. The van der Waals surface area contributed by atoms with Gasteiger partial charge in [-0.05, 0) is 48.9 Å². The second kappa shape index (κ2) is 4.38. The molecule has 2 aliphatic rings. The van der Waals surface area contributed by atoms with Crippen LogP contribution in [0.25, 0.3) is 10.9 Å². The van der Waals surface area contributed by atoms with Crippen LogP contribution in [0.4, 0.5) is 0 Å². The van der Waals surface area contributed by atoms with E-state index in [0.29, 0.717) is 6.04 Å². The summed E-state index contributed by atoms with van der Waals surface area (Å²) in [7, 11) is 0. The monoisotopic (exact) mass is 254 g/mol. The molecule has 1 fully saturated rings. The summed E-state index contributed by atoms with van der Waals surface area (Å²) in [6, 6.07) is 7.43. The van der Waals surface area contributed by atoms with E-state index >= 15 is 0 Å². The molecule has 2 heterocycles. The molecule has 1 aliphatic heterocycles. The zero-order valence-electron chi connectivity index (χ0n) is 11.6. The van der Waals surface area contributed by atoms with Gasteiger partial charge in [-0.1, -0.05) is 25.5 Å². The topological polar surface area (TPSA) is 27.8 Å². The lowest BCUT2D eigenvalue weighted by molar-refractivity contribution is 0.257. The molecule has 3 atom stereocenters. The molecule has 1 saturated heterocycles. The molecule has 100 valence electrons. The van der Waals surface area contributed by atoms with Gasteiger partial charge in [0, 0.05) is 29.1 Å². The molecule has 0 radical (unpaired) electrons. The Kier molecular flexibility index (Phi) is 2.66. The molecule has 0 saturated carbocycles. The van der Waals surface area contributed by atoms with Crippen molar-refractivity contribution >= 4 is 10.9 Å². The van der Waals surface area contributed by atoms with Crippen molar-refractivity contribution in [1.82, 2.24) is 10.3 Å². The van der Waals surface area contributed by atoms with Crippen LogP contribution in [0, 0.1) is 5.92 Å². The standard InChI is InChI=1S/C17H22N2/c1-2-4-11-7-14-13-5-3-6-15-17(13)12(10-19-15)8-16(14)18-9-11/h3,5-6,10-11,14,16,18-19H,2,4,7-9H2,1H3/t11?,14-,16-/m1/s1. The van der Waals surface area contributed by atoms with E-state index in [0.717, 1.165) is 11.8 Å². The second-order valence-electron chi connectivity index (χ2n) is 6.30. The Morgan fingerprint density at radius 3 is 3.16 bits per heavy atom. The summed E-state index contributed by atoms with van der Waals surface area (Å²) in [6.07, 6.45) is 7.45. The fourth-order valence-corrected chi connectivity index (χ4v) is 4.25. The Morgan fingerprint density at radius 1 is 1.32 bits per heavy atom. The van der Waals surface area contributed by atoms with Crippen LogP contribution in [0.15, 0.2) is 24.4 Å². The van der Waals surface area contributed by atoms with Crippen molar-refractivity contribution in [3.05, 3.63) is 35.5 Å². The maximum Gasteiger partial charge on any atom is 0.0459 e. The SMILES string of the molecule is CCCC1CN[C@@H]2Cc3c[nH]c4cccc(c34)[C@H]2C1. The molecule has 2 heteroatoms. The molecule has 2 N–H and O–H groups in total. The van der Waals surface area contributed by atoms with Gasteiger partial charge in [-0.15, -0.1) is 0 Å². The molecule has 4 rings (SSSR count). The first-order valence-electron chi connectivity index (χ1n) is 7.69. The number of benzene rings is 1. The van der Waals surface area contributed by atoms with Gasteiger partial charge < -0.3 is 10.3 Å². The van der Waals surface area contributed by atoms with Crippen LogP contribution in [-0.2, 0) is 6.42 Å². The van der Waals surface area contributed by atoms with Gasteiger partial charge in [-0.3, -0.25) is 0 Å². The third-order valence-electron chi connectivity index (χ3n) is 5.10. The summed E-state index contributed by atoms with van der Waals surface area (Å²) in [4.78, 5) is 3.44. The van der Waals surface area contributed by atoms with Gasteiger partial charge in [-0.2, -0.15) is 0 Å². The van der Waals surface area contributed by atoms with Crippen molar-refractivity contribution in [2.75, 3.05) is 6.54 Å². The van der Waals surface area contributed by atoms with Gasteiger partial charge >= 0.3 is 0 Å². The van der Waals surface area contributed by atoms with Crippen molar-refractivity contribution in [2.24, 2.45) is 5.92 Å². The molecule has 2 nitrogen and oxygen atoms in total. The summed E-state index contributed by atoms with van der Waals surface area (Å²) in [5, 5.41) is 5.33. The predicted molar refractivity (Wildman–Crippen MR) is 79.5 cm³/mol. The zero-order valence-corrected chi connectivity index (χ0v) is 11.6. The Balaban J connectivity index is 1.76. The largest absolute Gasteiger partial charge is 0.361 e. The van der Waals surface area contributed by atoms with E-state index in [1.165, 1.54) is 48.7 Å². The van der Waals surface area contributed by atoms with Gasteiger partial charge in [0.1, 0.15) is 0 Å². The molecule has 0 spiro atoms. The molecule has 1 aromatic carbocycles. The average molecular weight is 254 g/mol. The van der Waals surface area contributed by atoms with E-state index in [2.05, 4.69) is 41.6 Å². The maximum atomic E-state index is 3.82. The third-order valence-corrected chi connectivity index (χ3v) is 5.10. The number of rotatable bonds is 2. The van der Waals surface area contributed by atoms with Crippen LogP contribution in [0.3, 0.4) is 0 Å². The normalized spacial score (nSPS) is 29.4. The van der Waals surface area contributed by atoms with Crippen LogP contribution in [0.5, 0.6) is 0 Å². The highest BCUT2D eigenvalue weighted by Gasteiger charge is 2.35. The first-order valence-corrected chi connectivity index (χ1v) is 7.69. The summed E-state index contributed by atoms with van der Waals surface area (Å²) < 4.78 is 0. The minimum absolute atomic E-state index is 0.655. The lowest BCUT2D eigenvalue weighted by atomic mass is 9.72. The summed E-state index contributed by atoms with van der Waals surface area (Å²) in [6.45, 7) is 3.52. The number of hydrogen-bond donors (Lipinski definition) is 2. The molecule has 1 unspecified atom stereocenters. The highest BCUT2D eigenvalue weighted by atomic mass is 14.9.